The fraction of sp³-hybridized carbons (Fsp3) is 0.600. The largest absolute Gasteiger partial charge is 0.496 e. The van der Waals surface area contributed by atoms with Crippen molar-refractivity contribution in [3.8, 4) is 5.75 Å². The highest BCUT2D eigenvalue weighted by molar-refractivity contribution is 5.37. The maximum atomic E-state index is 5.86. The lowest BCUT2D eigenvalue weighted by molar-refractivity contribution is 0.409. The molecule has 2 N–H and O–H groups in total. The van der Waals surface area contributed by atoms with E-state index in [-0.39, 0.29) is 0 Å². The number of rotatable bonds is 6. The summed E-state index contributed by atoms with van der Waals surface area (Å²) in [5.41, 5.74) is 8.57. The van der Waals surface area contributed by atoms with Crippen LogP contribution < -0.4 is 10.5 Å². The molecule has 1 fully saturated rings. The summed E-state index contributed by atoms with van der Waals surface area (Å²) >= 11 is 0. The number of nitrogens with two attached hydrogens (primary N) is 1. The summed E-state index contributed by atoms with van der Waals surface area (Å²) in [5.74, 6) is 2.56. The van der Waals surface area contributed by atoms with Gasteiger partial charge >= 0.3 is 0 Å². The first kappa shape index (κ1) is 12.4. The van der Waals surface area contributed by atoms with Gasteiger partial charge in [-0.15, -0.1) is 0 Å². The minimum Gasteiger partial charge on any atom is -0.496 e. The third-order valence-electron chi connectivity index (χ3n) is 3.82. The molecule has 0 aromatic heterocycles. The standard InChI is InChI=1S/C15H23NO/c1-3-12-8-11(4-7-15(12)17-2)9-14(10-16)13-5-6-13/h4,7-8,13-14H,3,5-6,9-10,16H2,1-2H3. The first-order valence-corrected chi connectivity index (χ1v) is 6.64. The summed E-state index contributed by atoms with van der Waals surface area (Å²) < 4.78 is 5.36. The highest BCUT2D eigenvalue weighted by atomic mass is 16.5. The van der Waals surface area contributed by atoms with Crippen molar-refractivity contribution in [3.05, 3.63) is 29.3 Å². The average Bonchev–Trinajstić information content (AvgIpc) is 3.19. The zero-order chi connectivity index (χ0) is 12.3. The third-order valence-corrected chi connectivity index (χ3v) is 3.82. The lowest BCUT2D eigenvalue weighted by Gasteiger charge is -2.15. The molecule has 1 unspecified atom stereocenters. The zero-order valence-corrected chi connectivity index (χ0v) is 10.9. The Labute approximate surface area is 104 Å². The molecule has 1 aromatic rings. The van der Waals surface area contributed by atoms with Gasteiger partial charge in [0.1, 0.15) is 5.75 Å². The topological polar surface area (TPSA) is 35.2 Å². The van der Waals surface area contributed by atoms with E-state index in [2.05, 4.69) is 25.1 Å². The Bertz CT molecular complexity index is 371. The minimum atomic E-state index is 0.674. The quantitative estimate of drug-likeness (QED) is 0.820. The van der Waals surface area contributed by atoms with Crippen molar-refractivity contribution in [3.63, 3.8) is 0 Å². The van der Waals surface area contributed by atoms with Crippen molar-refractivity contribution < 1.29 is 4.74 Å². The predicted molar refractivity (Wildman–Crippen MR) is 71.3 cm³/mol. The van der Waals surface area contributed by atoms with E-state index in [0.717, 1.165) is 31.1 Å². The van der Waals surface area contributed by atoms with Crippen molar-refractivity contribution in [1.82, 2.24) is 0 Å². The summed E-state index contributed by atoms with van der Waals surface area (Å²) in [7, 11) is 1.74. The van der Waals surface area contributed by atoms with Crippen LogP contribution in [0.4, 0.5) is 0 Å². The molecular formula is C15H23NO. The summed E-state index contributed by atoms with van der Waals surface area (Å²) in [4.78, 5) is 0. The SMILES string of the molecule is CCc1cc(CC(CN)C2CC2)ccc1OC. The Balaban J connectivity index is 2.09. The molecule has 0 radical (unpaired) electrons. The Kier molecular flexibility index (Phi) is 4.06. The van der Waals surface area contributed by atoms with Crippen molar-refractivity contribution in [2.75, 3.05) is 13.7 Å². The van der Waals surface area contributed by atoms with Gasteiger partial charge in [0.25, 0.3) is 0 Å². The van der Waals surface area contributed by atoms with Gasteiger partial charge in [-0.2, -0.15) is 0 Å². The number of methoxy groups -OCH3 is 1. The molecule has 1 atom stereocenters. The molecule has 94 valence electrons. The third kappa shape index (κ3) is 3.01. The molecule has 1 aliphatic rings. The molecule has 1 aromatic carbocycles. The summed E-state index contributed by atoms with van der Waals surface area (Å²) in [6.07, 6.45) is 4.89. The molecule has 0 heterocycles. The molecule has 1 saturated carbocycles. The van der Waals surface area contributed by atoms with Crippen LogP contribution in [0.15, 0.2) is 18.2 Å². The van der Waals surface area contributed by atoms with Gasteiger partial charge in [-0.25, -0.2) is 0 Å². The molecule has 1 aliphatic carbocycles. The Morgan fingerprint density at radius 3 is 2.71 bits per heavy atom. The molecule has 2 rings (SSSR count). The van der Waals surface area contributed by atoms with Crippen molar-refractivity contribution in [1.29, 1.82) is 0 Å². The zero-order valence-electron chi connectivity index (χ0n) is 10.9. The van der Waals surface area contributed by atoms with E-state index in [1.54, 1.807) is 7.11 Å². The molecular weight excluding hydrogens is 210 g/mol. The first-order valence-electron chi connectivity index (χ1n) is 6.64. The molecule has 0 bridgehead atoms. The van der Waals surface area contributed by atoms with Gasteiger partial charge in [-0.05, 0) is 61.3 Å². The fourth-order valence-electron chi connectivity index (χ4n) is 2.55. The van der Waals surface area contributed by atoms with Crippen molar-refractivity contribution >= 4 is 0 Å². The van der Waals surface area contributed by atoms with Gasteiger partial charge in [0.05, 0.1) is 7.11 Å². The fourth-order valence-corrected chi connectivity index (χ4v) is 2.55. The second kappa shape index (κ2) is 5.54. The van der Waals surface area contributed by atoms with Gasteiger partial charge in [0.2, 0.25) is 0 Å². The van der Waals surface area contributed by atoms with Crippen LogP contribution in [0.2, 0.25) is 0 Å². The Morgan fingerprint density at radius 2 is 2.18 bits per heavy atom. The number of hydrogen-bond donors (Lipinski definition) is 1. The smallest absolute Gasteiger partial charge is 0.122 e. The summed E-state index contributed by atoms with van der Waals surface area (Å²) in [6, 6.07) is 6.56. The van der Waals surface area contributed by atoms with E-state index in [1.807, 2.05) is 0 Å². The molecule has 0 saturated heterocycles. The number of aryl methyl sites for hydroxylation is 1. The Morgan fingerprint density at radius 1 is 1.41 bits per heavy atom. The predicted octanol–water partition coefficient (Wildman–Crippen LogP) is 2.79. The van der Waals surface area contributed by atoms with E-state index in [9.17, 15) is 0 Å². The van der Waals surface area contributed by atoms with Crippen LogP contribution in [-0.4, -0.2) is 13.7 Å². The molecule has 2 heteroatoms. The number of ether oxygens (including phenoxy) is 1. The monoisotopic (exact) mass is 233 g/mol. The van der Waals surface area contributed by atoms with Crippen LogP contribution >= 0.6 is 0 Å². The van der Waals surface area contributed by atoms with Crippen LogP contribution in [0, 0.1) is 11.8 Å². The van der Waals surface area contributed by atoms with Gasteiger partial charge in [-0.1, -0.05) is 19.1 Å². The van der Waals surface area contributed by atoms with Gasteiger partial charge in [0, 0.05) is 0 Å². The summed E-state index contributed by atoms with van der Waals surface area (Å²) in [5, 5.41) is 0. The number of hydrogen-bond acceptors (Lipinski definition) is 2. The normalized spacial score (nSPS) is 16.9. The van der Waals surface area contributed by atoms with E-state index < -0.39 is 0 Å². The minimum absolute atomic E-state index is 0.674. The molecule has 17 heavy (non-hydrogen) atoms. The second-order valence-electron chi connectivity index (χ2n) is 5.04. The van der Waals surface area contributed by atoms with E-state index in [1.165, 1.54) is 24.0 Å². The van der Waals surface area contributed by atoms with Crippen LogP contribution in [0.25, 0.3) is 0 Å². The van der Waals surface area contributed by atoms with Crippen molar-refractivity contribution in [2.45, 2.75) is 32.6 Å². The maximum Gasteiger partial charge on any atom is 0.122 e. The van der Waals surface area contributed by atoms with E-state index in [4.69, 9.17) is 10.5 Å². The van der Waals surface area contributed by atoms with E-state index >= 15 is 0 Å². The van der Waals surface area contributed by atoms with Crippen molar-refractivity contribution in [2.24, 2.45) is 17.6 Å². The van der Waals surface area contributed by atoms with Gasteiger partial charge in [0.15, 0.2) is 0 Å². The van der Waals surface area contributed by atoms with Gasteiger partial charge in [-0.3, -0.25) is 0 Å². The highest BCUT2D eigenvalue weighted by Crippen LogP contribution is 2.38. The molecule has 0 spiro atoms. The van der Waals surface area contributed by atoms with Crippen LogP contribution in [-0.2, 0) is 12.8 Å². The second-order valence-corrected chi connectivity index (χ2v) is 5.04. The molecule has 0 amide bonds. The highest BCUT2D eigenvalue weighted by Gasteiger charge is 2.30. The van der Waals surface area contributed by atoms with Crippen LogP contribution in [0.1, 0.15) is 30.9 Å². The average molecular weight is 233 g/mol. The number of benzene rings is 1. The molecule has 0 aliphatic heterocycles. The molecule has 2 nitrogen and oxygen atoms in total. The maximum absolute atomic E-state index is 5.86. The van der Waals surface area contributed by atoms with E-state index in [0.29, 0.717) is 5.92 Å². The van der Waals surface area contributed by atoms with Crippen LogP contribution in [0.3, 0.4) is 0 Å². The lowest BCUT2D eigenvalue weighted by Crippen LogP contribution is -2.18. The summed E-state index contributed by atoms with van der Waals surface area (Å²) in [6.45, 7) is 2.99. The first-order chi connectivity index (χ1) is 8.28. The lowest BCUT2D eigenvalue weighted by atomic mass is 9.93. The Hall–Kier alpha value is -1.02. The van der Waals surface area contributed by atoms with Gasteiger partial charge < -0.3 is 10.5 Å². The van der Waals surface area contributed by atoms with Crippen LogP contribution in [0.5, 0.6) is 5.75 Å².